The van der Waals surface area contributed by atoms with E-state index >= 15 is 0 Å². The normalized spacial score (nSPS) is 24.8. The highest BCUT2D eigenvalue weighted by Crippen LogP contribution is 2.30. The van der Waals surface area contributed by atoms with Crippen LogP contribution >= 0.6 is 0 Å². The third-order valence-electron chi connectivity index (χ3n) is 4.46. The molecule has 114 valence electrons. The number of amides is 1. The Hall–Kier alpha value is -1.62. The SMILES string of the molecule is CCCNCc1ccc(N2CCCC3C(=O)NCC32)nc1. The van der Waals surface area contributed by atoms with Crippen LogP contribution in [-0.2, 0) is 11.3 Å². The van der Waals surface area contributed by atoms with Crippen LogP contribution in [0, 0.1) is 5.92 Å². The molecule has 0 radical (unpaired) electrons. The molecule has 2 saturated heterocycles. The molecule has 2 unspecified atom stereocenters. The van der Waals surface area contributed by atoms with Gasteiger partial charge in [-0.15, -0.1) is 0 Å². The van der Waals surface area contributed by atoms with Crippen LogP contribution in [0.4, 0.5) is 5.82 Å². The summed E-state index contributed by atoms with van der Waals surface area (Å²) >= 11 is 0. The van der Waals surface area contributed by atoms with Crippen LogP contribution in [0.15, 0.2) is 18.3 Å². The standard InChI is InChI=1S/C16H24N4O/c1-2-7-17-9-12-5-6-15(18-10-12)20-8-3-4-13-14(20)11-19-16(13)21/h5-6,10,13-14,17H,2-4,7-9,11H2,1H3,(H,19,21). The lowest BCUT2D eigenvalue weighted by Gasteiger charge is -2.36. The van der Waals surface area contributed by atoms with Gasteiger partial charge in [0, 0.05) is 25.8 Å². The second kappa shape index (κ2) is 6.43. The maximum absolute atomic E-state index is 11.8. The van der Waals surface area contributed by atoms with E-state index in [9.17, 15) is 4.79 Å². The number of piperidine rings is 1. The molecular weight excluding hydrogens is 264 g/mol. The van der Waals surface area contributed by atoms with E-state index in [2.05, 4.69) is 39.6 Å². The van der Waals surface area contributed by atoms with Gasteiger partial charge >= 0.3 is 0 Å². The van der Waals surface area contributed by atoms with Crippen molar-refractivity contribution in [1.29, 1.82) is 0 Å². The van der Waals surface area contributed by atoms with Gasteiger partial charge in [0.25, 0.3) is 0 Å². The topological polar surface area (TPSA) is 57.3 Å². The predicted octanol–water partition coefficient (Wildman–Crippen LogP) is 1.30. The fraction of sp³-hybridized carbons (Fsp3) is 0.625. The average molecular weight is 288 g/mol. The van der Waals surface area contributed by atoms with Crippen LogP contribution in [0.25, 0.3) is 0 Å². The number of pyridine rings is 1. The number of aromatic nitrogens is 1. The molecule has 1 amide bonds. The number of carbonyl (C=O) groups excluding carboxylic acids is 1. The van der Waals surface area contributed by atoms with E-state index in [0.717, 1.165) is 51.3 Å². The minimum Gasteiger partial charge on any atom is -0.354 e. The molecule has 0 aromatic carbocycles. The minimum absolute atomic E-state index is 0.145. The second-order valence-corrected chi connectivity index (χ2v) is 5.96. The summed E-state index contributed by atoms with van der Waals surface area (Å²) in [4.78, 5) is 18.7. The van der Waals surface area contributed by atoms with Crippen LogP contribution in [-0.4, -0.2) is 36.6 Å². The van der Waals surface area contributed by atoms with Crippen LogP contribution in [0.2, 0.25) is 0 Å². The Morgan fingerprint density at radius 1 is 1.48 bits per heavy atom. The van der Waals surface area contributed by atoms with E-state index in [4.69, 9.17) is 0 Å². The van der Waals surface area contributed by atoms with Crippen molar-refractivity contribution in [3.8, 4) is 0 Å². The van der Waals surface area contributed by atoms with Gasteiger partial charge < -0.3 is 15.5 Å². The molecule has 2 atom stereocenters. The van der Waals surface area contributed by atoms with Gasteiger partial charge in [0.2, 0.25) is 5.91 Å². The Balaban J connectivity index is 1.67. The zero-order valence-electron chi connectivity index (χ0n) is 12.6. The smallest absolute Gasteiger partial charge is 0.225 e. The molecule has 0 saturated carbocycles. The highest BCUT2D eigenvalue weighted by molar-refractivity contribution is 5.83. The maximum Gasteiger partial charge on any atom is 0.225 e. The molecule has 2 aliphatic rings. The Kier molecular flexibility index (Phi) is 4.39. The third kappa shape index (κ3) is 3.02. The number of hydrogen-bond donors (Lipinski definition) is 2. The Bertz CT molecular complexity index is 488. The molecular formula is C16H24N4O. The summed E-state index contributed by atoms with van der Waals surface area (Å²) in [7, 11) is 0. The van der Waals surface area contributed by atoms with Crippen molar-refractivity contribution in [3.05, 3.63) is 23.9 Å². The summed E-state index contributed by atoms with van der Waals surface area (Å²) in [5.74, 6) is 1.36. The van der Waals surface area contributed by atoms with Crippen molar-refractivity contribution < 1.29 is 4.79 Å². The molecule has 2 fully saturated rings. The van der Waals surface area contributed by atoms with Gasteiger partial charge in [-0.05, 0) is 37.4 Å². The minimum atomic E-state index is 0.145. The first kappa shape index (κ1) is 14.3. The fourth-order valence-corrected chi connectivity index (χ4v) is 3.34. The van der Waals surface area contributed by atoms with E-state index in [-0.39, 0.29) is 17.9 Å². The molecule has 5 heteroatoms. The van der Waals surface area contributed by atoms with Crippen molar-refractivity contribution in [3.63, 3.8) is 0 Å². The van der Waals surface area contributed by atoms with Crippen molar-refractivity contribution in [2.75, 3.05) is 24.5 Å². The number of anilines is 1. The van der Waals surface area contributed by atoms with Gasteiger partial charge in [-0.1, -0.05) is 13.0 Å². The third-order valence-corrected chi connectivity index (χ3v) is 4.46. The molecule has 3 heterocycles. The molecule has 0 bridgehead atoms. The zero-order chi connectivity index (χ0) is 14.7. The van der Waals surface area contributed by atoms with Crippen LogP contribution in [0.3, 0.4) is 0 Å². The van der Waals surface area contributed by atoms with E-state index in [1.165, 1.54) is 5.56 Å². The maximum atomic E-state index is 11.8. The summed E-state index contributed by atoms with van der Waals surface area (Å²) in [5, 5.41) is 6.37. The number of hydrogen-bond acceptors (Lipinski definition) is 4. The van der Waals surface area contributed by atoms with E-state index in [0.29, 0.717) is 0 Å². The molecule has 21 heavy (non-hydrogen) atoms. The Morgan fingerprint density at radius 2 is 2.38 bits per heavy atom. The van der Waals surface area contributed by atoms with Crippen molar-refractivity contribution in [1.82, 2.24) is 15.6 Å². The number of nitrogens with zero attached hydrogens (tertiary/aromatic N) is 2. The lowest BCUT2D eigenvalue weighted by atomic mass is 9.91. The fourth-order valence-electron chi connectivity index (χ4n) is 3.34. The van der Waals surface area contributed by atoms with Crippen LogP contribution in [0.1, 0.15) is 31.7 Å². The summed E-state index contributed by atoms with van der Waals surface area (Å²) in [5.41, 5.74) is 1.21. The first-order chi connectivity index (χ1) is 10.3. The molecule has 3 rings (SSSR count). The first-order valence-corrected chi connectivity index (χ1v) is 7.99. The molecule has 2 N–H and O–H groups in total. The van der Waals surface area contributed by atoms with Gasteiger partial charge in [-0.3, -0.25) is 4.79 Å². The zero-order valence-corrected chi connectivity index (χ0v) is 12.6. The molecule has 0 aliphatic carbocycles. The van der Waals surface area contributed by atoms with Crippen molar-refractivity contribution in [2.24, 2.45) is 5.92 Å². The number of fused-ring (bicyclic) bond motifs is 1. The lowest BCUT2D eigenvalue weighted by molar-refractivity contribution is -0.122. The second-order valence-electron chi connectivity index (χ2n) is 5.96. The predicted molar refractivity (Wildman–Crippen MR) is 83.1 cm³/mol. The molecule has 5 nitrogen and oxygen atoms in total. The molecule has 2 aliphatic heterocycles. The lowest BCUT2D eigenvalue weighted by Crippen LogP contribution is -2.46. The van der Waals surface area contributed by atoms with Crippen LogP contribution in [0.5, 0.6) is 0 Å². The van der Waals surface area contributed by atoms with E-state index in [1.54, 1.807) is 0 Å². The van der Waals surface area contributed by atoms with Gasteiger partial charge in [-0.2, -0.15) is 0 Å². The van der Waals surface area contributed by atoms with Crippen LogP contribution < -0.4 is 15.5 Å². The van der Waals surface area contributed by atoms with Crippen molar-refractivity contribution >= 4 is 11.7 Å². The number of rotatable bonds is 5. The van der Waals surface area contributed by atoms with Gasteiger partial charge in [0.05, 0.1) is 12.0 Å². The molecule has 0 spiro atoms. The average Bonchev–Trinajstić information content (AvgIpc) is 2.90. The van der Waals surface area contributed by atoms with Gasteiger partial charge in [-0.25, -0.2) is 4.98 Å². The summed E-state index contributed by atoms with van der Waals surface area (Å²) in [6.07, 6.45) is 5.16. The molecule has 1 aromatic heterocycles. The highest BCUT2D eigenvalue weighted by atomic mass is 16.2. The van der Waals surface area contributed by atoms with Crippen molar-refractivity contribution in [2.45, 2.75) is 38.8 Å². The highest BCUT2D eigenvalue weighted by Gasteiger charge is 2.41. The Labute approximate surface area is 126 Å². The largest absolute Gasteiger partial charge is 0.354 e. The van der Waals surface area contributed by atoms with Gasteiger partial charge in [0.1, 0.15) is 5.82 Å². The van der Waals surface area contributed by atoms with E-state index < -0.39 is 0 Å². The van der Waals surface area contributed by atoms with E-state index in [1.807, 2.05) is 6.20 Å². The number of nitrogens with one attached hydrogen (secondary N) is 2. The summed E-state index contributed by atoms with van der Waals surface area (Å²) < 4.78 is 0. The Morgan fingerprint density at radius 3 is 3.14 bits per heavy atom. The molecule has 1 aromatic rings. The monoisotopic (exact) mass is 288 g/mol. The quantitative estimate of drug-likeness (QED) is 0.802. The summed E-state index contributed by atoms with van der Waals surface area (Å²) in [6.45, 7) is 5.82. The first-order valence-electron chi connectivity index (χ1n) is 7.99. The number of carbonyl (C=O) groups is 1. The van der Waals surface area contributed by atoms with Gasteiger partial charge in [0.15, 0.2) is 0 Å². The summed E-state index contributed by atoms with van der Waals surface area (Å²) in [6, 6.07) is 4.51.